The maximum Gasteiger partial charge on any atom is 0.316 e. The molecular formula is C18H21N3O6S2. The highest BCUT2D eigenvalue weighted by atomic mass is 32.2. The fourth-order valence-electron chi connectivity index (χ4n) is 1.61. The minimum absolute atomic E-state index is 0.127. The maximum atomic E-state index is 10.9. The first-order valence-corrected chi connectivity index (χ1v) is 10.1. The first-order valence-electron chi connectivity index (χ1n) is 8.10. The molecule has 0 aliphatic carbocycles. The summed E-state index contributed by atoms with van der Waals surface area (Å²) in [5, 5.41) is 1.15. The van der Waals surface area contributed by atoms with Crippen LogP contribution in [0.4, 0.5) is 5.69 Å². The number of aromatic nitrogens is 2. The van der Waals surface area contributed by atoms with E-state index in [-0.39, 0.29) is 23.4 Å². The molecule has 0 fully saturated rings. The Labute approximate surface area is 176 Å². The summed E-state index contributed by atoms with van der Waals surface area (Å²) in [5.74, 6) is -0.351. The van der Waals surface area contributed by atoms with Crippen molar-refractivity contribution < 1.29 is 28.6 Å². The molecule has 2 aromatic rings. The van der Waals surface area contributed by atoms with Gasteiger partial charge in [0.05, 0.1) is 31.4 Å². The summed E-state index contributed by atoms with van der Waals surface area (Å²) in [6, 6.07) is 6.76. The van der Waals surface area contributed by atoms with Gasteiger partial charge in [-0.15, -0.1) is 0 Å². The maximum absolute atomic E-state index is 10.9. The number of methoxy groups -OCH3 is 2. The number of carbonyl (C=O) groups is 3. The normalized spacial score (nSPS) is 9.62. The van der Waals surface area contributed by atoms with Gasteiger partial charge in [-0.05, 0) is 24.3 Å². The zero-order chi connectivity index (χ0) is 21.6. The molecule has 0 aliphatic heterocycles. The van der Waals surface area contributed by atoms with Crippen LogP contribution in [-0.4, -0.2) is 53.6 Å². The van der Waals surface area contributed by atoms with E-state index in [4.69, 9.17) is 10.5 Å². The number of thioether (sulfide) groups is 2. The van der Waals surface area contributed by atoms with E-state index < -0.39 is 5.97 Å². The number of anilines is 1. The van der Waals surface area contributed by atoms with Crippen LogP contribution in [0, 0.1) is 0 Å². The van der Waals surface area contributed by atoms with Crippen molar-refractivity contribution >= 4 is 47.1 Å². The van der Waals surface area contributed by atoms with Crippen molar-refractivity contribution in [2.24, 2.45) is 0 Å². The van der Waals surface area contributed by atoms with Crippen LogP contribution >= 0.6 is 23.5 Å². The third-order valence-corrected chi connectivity index (χ3v) is 4.85. The molecule has 9 nitrogen and oxygen atoms in total. The van der Waals surface area contributed by atoms with Crippen LogP contribution in [0.1, 0.15) is 6.92 Å². The molecule has 0 amide bonds. The average molecular weight is 440 g/mol. The molecule has 2 N–H and O–H groups in total. The van der Waals surface area contributed by atoms with Gasteiger partial charge in [0.1, 0.15) is 10.1 Å². The molecule has 11 heteroatoms. The highest BCUT2D eigenvalue weighted by Crippen LogP contribution is 2.26. The SMILES string of the molecule is COC(=O)CSc1ncccc1N.COC(=O)CSc1ncccc1OC(C)=O. The topological polar surface area (TPSA) is 131 Å². The molecule has 0 atom stereocenters. The zero-order valence-electron chi connectivity index (χ0n) is 16.1. The fourth-order valence-corrected chi connectivity index (χ4v) is 3.12. The van der Waals surface area contributed by atoms with Crippen molar-refractivity contribution in [2.75, 3.05) is 31.5 Å². The van der Waals surface area contributed by atoms with Gasteiger partial charge in [-0.25, -0.2) is 9.97 Å². The zero-order valence-corrected chi connectivity index (χ0v) is 17.7. The Morgan fingerprint density at radius 2 is 1.45 bits per heavy atom. The van der Waals surface area contributed by atoms with Crippen LogP contribution in [0.3, 0.4) is 0 Å². The molecule has 0 saturated heterocycles. The molecular weight excluding hydrogens is 418 g/mol. The molecule has 2 rings (SSSR count). The minimum Gasteiger partial charge on any atom is -0.468 e. The van der Waals surface area contributed by atoms with Gasteiger partial charge in [-0.2, -0.15) is 0 Å². The van der Waals surface area contributed by atoms with Crippen LogP contribution in [0.15, 0.2) is 46.7 Å². The van der Waals surface area contributed by atoms with Crippen molar-refractivity contribution in [3.63, 3.8) is 0 Å². The smallest absolute Gasteiger partial charge is 0.316 e. The van der Waals surface area contributed by atoms with Crippen molar-refractivity contribution in [2.45, 2.75) is 17.0 Å². The summed E-state index contributed by atoms with van der Waals surface area (Å²) in [7, 11) is 2.67. The van der Waals surface area contributed by atoms with E-state index in [1.165, 1.54) is 32.9 Å². The summed E-state index contributed by atoms with van der Waals surface area (Å²) >= 11 is 2.43. The Hall–Kier alpha value is -2.79. The molecule has 0 bridgehead atoms. The number of hydrogen-bond donors (Lipinski definition) is 1. The predicted octanol–water partition coefficient (Wildman–Crippen LogP) is 2.20. The van der Waals surface area contributed by atoms with Crippen molar-refractivity contribution in [3.05, 3.63) is 36.7 Å². The standard InChI is InChI=1S/C10H11NO4S.C8H10N2O2S/c1-7(12)15-8-4-3-5-11-10(8)16-6-9(13)14-2;1-12-7(11)5-13-8-6(9)3-2-4-10-8/h3-5H,6H2,1-2H3;2-4H,5,9H2,1H3. The van der Waals surface area contributed by atoms with Gasteiger partial charge in [0.15, 0.2) is 5.75 Å². The Bertz CT molecular complexity index is 835. The van der Waals surface area contributed by atoms with E-state index in [1.807, 2.05) is 0 Å². The summed E-state index contributed by atoms with van der Waals surface area (Å²) in [5.41, 5.74) is 6.19. The Morgan fingerprint density at radius 1 is 0.931 bits per heavy atom. The van der Waals surface area contributed by atoms with E-state index >= 15 is 0 Å². The van der Waals surface area contributed by atoms with Crippen LogP contribution in [-0.2, 0) is 23.9 Å². The molecule has 0 radical (unpaired) electrons. The molecule has 2 heterocycles. The number of hydrogen-bond acceptors (Lipinski definition) is 11. The molecule has 29 heavy (non-hydrogen) atoms. The lowest BCUT2D eigenvalue weighted by Gasteiger charge is -2.06. The van der Waals surface area contributed by atoms with Crippen molar-refractivity contribution in [1.82, 2.24) is 9.97 Å². The number of nitrogen functional groups attached to an aromatic ring is 1. The lowest BCUT2D eigenvalue weighted by Crippen LogP contribution is -2.06. The number of esters is 3. The highest BCUT2D eigenvalue weighted by molar-refractivity contribution is 8.00. The molecule has 156 valence electrons. The first kappa shape index (κ1) is 24.2. The number of rotatable bonds is 7. The van der Waals surface area contributed by atoms with Gasteiger partial charge < -0.3 is 19.9 Å². The lowest BCUT2D eigenvalue weighted by atomic mass is 10.4. The summed E-state index contributed by atoms with van der Waals surface area (Å²) in [6.45, 7) is 1.31. The first-order chi connectivity index (χ1) is 13.9. The van der Waals surface area contributed by atoms with Crippen LogP contribution in [0.2, 0.25) is 0 Å². The number of ether oxygens (including phenoxy) is 3. The summed E-state index contributed by atoms with van der Waals surface area (Å²) in [4.78, 5) is 40.6. The van der Waals surface area contributed by atoms with Gasteiger partial charge in [-0.1, -0.05) is 23.5 Å². The number of pyridine rings is 2. The van der Waals surface area contributed by atoms with E-state index in [9.17, 15) is 14.4 Å². The van der Waals surface area contributed by atoms with E-state index in [2.05, 4.69) is 19.4 Å². The fraction of sp³-hybridized carbons (Fsp3) is 0.278. The molecule has 2 aromatic heterocycles. The molecule has 0 unspecified atom stereocenters. The summed E-state index contributed by atoms with van der Waals surface area (Å²) < 4.78 is 13.9. The van der Waals surface area contributed by atoms with Crippen LogP contribution in [0.25, 0.3) is 0 Å². The van der Waals surface area contributed by atoms with Gasteiger partial charge in [0.2, 0.25) is 0 Å². The molecule has 0 spiro atoms. The second-order valence-corrected chi connectivity index (χ2v) is 6.96. The van der Waals surface area contributed by atoms with Crippen molar-refractivity contribution in [1.29, 1.82) is 0 Å². The van der Waals surface area contributed by atoms with Gasteiger partial charge in [0.25, 0.3) is 0 Å². The Morgan fingerprint density at radius 3 is 1.97 bits per heavy atom. The number of nitrogens with zero attached hydrogens (tertiary/aromatic N) is 2. The quantitative estimate of drug-likeness (QED) is 0.503. The van der Waals surface area contributed by atoms with E-state index in [1.54, 1.807) is 36.7 Å². The van der Waals surface area contributed by atoms with E-state index in [0.29, 0.717) is 21.5 Å². The van der Waals surface area contributed by atoms with Gasteiger partial charge in [-0.3, -0.25) is 14.4 Å². The molecule has 0 aromatic carbocycles. The number of nitrogens with two attached hydrogens (primary N) is 1. The third kappa shape index (κ3) is 9.81. The Balaban J connectivity index is 0.000000296. The second kappa shape index (κ2) is 13.4. The third-order valence-electron chi connectivity index (χ3n) is 2.90. The molecule has 0 aliphatic rings. The van der Waals surface area contributed by atoms with Crippen LogP contribution in [0.5, 0.6) is 5.75 Å². The largest absolute Gasteiger partial charge is 0.468 e. The van der Waals surface area contributed by atoms with Gasteiger partial charge >= 0.3 is 17.9 Å². The average Bonchev–Trinajstić information content (AvgIpc) is 2.72. The lowest BCUT2D eigenvalue weighted by molar-refractivity contribution is -0.138. The van der Waals surface area contributed by atoms with Crippen LogP contribution < -0.4 is 10.5 Å². The number of carbonyl (C=O) groups excluding carboxylic acids is 3. The molecule has 0 saturated carbocycles. The van der Waals surface area contributed by atoms with E-state index in [0.717, 1.165) is 11.8 Å². The highest BCUT2D eigenvalue weighted by Gasteiger charge is 2.10. The predicted molar refractivity (Wildman–Crippen MR) is 110 cm³/mol. The van der Waals surface area contributed by atoms with Crippen molar-refractivity contribution in [3.8, 4) is 5.75 Å². The second-order valence-electron chi connectivity index (χ2n) is 5.03. The monoisotopic (exact) mass is 439 g/mol. The summed E-state index contributed by atoms with van der Waals surface area (Å²) in [6.07, 6.45) is 3.20. The Kier molecular flexibility index (Phi) is 11.2. The van der Waals surface area contributed by atoms with Gasteiger partial charge in [0, 0.05) is 19.3 Å². The minimum atomic E-state index is -0.423.